The summed E-state index contributed by atoms with van der Waals surface area (Å²) in [4.78, 5) is 13.6. The zero-order valence-electron chi connectivity index (χ0n) is 10.2. The summed E-state index contributed by atoms with van der Waals surface area (Å²) in [5, 5.41) is 9.64. The molecule has 0 aliphatic carbocycles. The third-order valence-corrected chi connectivity index (χ3v) is 1.89. The Kier molecular flexibility index (Phi) is 4.13. The first-order valence-electron chi connectivity index (χ1n) is 5.09. The van der Waals surface area contributed by atoms with E-state index in [1.165, 1.54) is 0 Å². The normalized spacial score (nSPS) is 12.8. The maximum Gasteiger partial charge on any atom is 0.228 e. The highest BCUT2D eigenvalue weighted by atomic mass is 16.3. The van der Waals surface area contributed by atoms with Crippen LogP contribution in [-0.2, 0) is 4.79 Å². The Labute approximate surface area is 87.1 Å². The highest BCUT2D eigenvalue weighted by Gasteiger charge is 2.29. The van der Waals surface area contributed by atoms with Crippen molar-refractivity contribution in [2.24, 2.45) is 5.41 Å². The van der Waals surface area contributed by atoms with Gasteiger partial charge in [-0.3, -0.25) is 4.79 Å². The SMILES string of the molecule is CCN(CC(C)(C)O)C(=O)C(C)(C)C. The molecule has 1 N–H and O–H groups in total. The van der Waals surface area contributed by atoms with Gasteiger partial charge in [0.15, 0.2) is 0 Å². The van der Waals surface area contributed by atoms with Gasteiger partial charge in [-0.05, 0) is 20.8 Å². The van der Waals surface area contributed by atoms with Gasteiger partial charge in [-0.15, -0.1) is 0 Å². The fourth-order valence-electron chi connectivity index (χ4n) is 1.27. The van der Waals surface area contributed by atoms with Crippen molar-refractivity contribution in [3.05, 3.63) is 0 Å². The average Bonchev–Trinajstić information content (AvgIpc) is 1.95. The van der Waals surface area contributed by atoms with Crippen molar-refractivity contribution < 1.29 is 9.90 Å². The van der Waals surface area contributed by atoms with Gasteiger partial charge >= 0.3 is 0 Å². The van der Waals surface area contributed by atoms with E-state index in [0.717, 1.165) is 0 Å². The van der Waals surface area contributed by atoms with E-state index in [1.54, 1.807) is 18.7 Å². The van der Waals surface area contributed by atoms with E-state index in [9.17, 15) is 9.90 Å². The molecular formula is C11H23NO2. The molecule has 3 nitrogen and oxygen atoms in total. The van der Waals surface area contributed by atoms with Gasteiger partial charge in [-0.1, -0.05) is 20.8 Å². The van der Waals surface area contributed by atoms with Crippen LogP contribution in [0.1, 0.15) is 41.5 Å². The van der Waals surface area contributed by atoms with Crippen LogP contribution >= 0.6 is 0 Å². The van der Waals surface area contributed by atoms with Crippen LogP contribution in [0.5, 0.6) is 0 Å². The van der Waals surface area contributed by atoms with E-state index in [-0.39, 0.29) is 11.3 Å². The largest absolute Gasteiger partial charge is 0.389 e. The molecule has 0 spiro atoms. The van der Waals surface area contributed by atoms with Crippen molar-refractivity contribution in [3.63, 3.8) is 0 Å². The Balaban J connectivity index is 4.51. The average molecular weight is 201 g/mol. The van der Waals surface area contributed by atoms with Crippen LogP contribution in [0.2, 0.25) is 0 Å². The Morgan fingerprint density at radius 3 is 1.86 bits per heavy atom. The molecule has 3 heteroatoms. The molecule has 84 valence electrons. The topological polar surface area (TPSA) is 40.5 Å². The number of aliphatic hydroxyl groups is 1. The molecule has 0 aromatic carbocycles. The van der Waals surface area contributed by atoms with Crippen molar-refractivity contribution in [2.45, 2.75) is 47.1 Å². The molecule has 0 aliphatic heterocycles. The number of carbonyl (C=O) groups is 1. The first-order valence-corrected chi connectivity index (χ1v) is 5.09. The molecule has 0 fully saturated rings. The lowest BCUT2D eigenvalue weighted by atomic mass is 9.94. The lowest BCUT2D eigenvalue weighted by molar-refractivity contribution is -0.142. The van der Waals surface area contributed by atoms with Crippen LogP contribution in [0, 0.1) is 5.41 Å². The summed E-state index contributed by atoms with van der Waals surface area (Å²) in [7, 11) is 0. The van der Waals surface area contributed by atoms with Gasteiger partial charge in [0.2, 0.25) is 5.91 Å². The van der Waals surface area contributed by atoms with Crippen molar-refractivity contribution >= 4 is 5.91 Å². The fraction of sp³-hybridized carbons (Fsp3) is 0.909. The monoisotopic (exact) mass is 201 g/mol. The van der Waals surface area contributed by atoms with Crippen LogP contribution in [0.4, 0.5) is 0 Å². The first-order chi connectivity index (χ1) is 6.08. The molecule has 1 amide bonds. The van der Waals surface area contributed by atoms with E-state index in [0.29, 0.717) is 13.1 Å². The smallest absolute Gasteiger partial charge is 0.228 e. The van der Waals surface area contributed by atoms with E-state index in [4.69, 9.17) is 0 Å². The second-order valence-corrected chi connectivity index (χ2v) is 5.38. The fourth-order valence-corrected chi connectivity index (χ4v) is 1.27. The van der Waals surface area contributed by atoms with E-state index >= 15 is 0 Å². The molecule has 14 heavy (non-hydrogen) atoms. The van der Waals surface area contributed by atoms with Crippen molar-refractivity contribution in [1.29, 1.82) is 0 Å². The molecule has 0 aliphatic rings. The molecule has 0 bridgehead atoms. The molecule has 0 saturated carbocycles. The molecule has 0 aromatic rings. The van der Waals surface area contributed by atoms with Gasteiger partial charge in [-0.2, -0.15) is 0 Å². The molecule has 0 atom stereocenters. The summed E-state index contributed by atoms with van der Waals surface area (Å²) >= 11 is 0. The zero-order chi connectivity index (χ0) is 11.6. The van der Waals surface area contributed by atoms with Crippen LogP contribution < -0.4 is 0 Å². The molecule has 0 heterocycles. The molecular weight excluding hydrogens is 178 g/mol. The Morgan fingerprint density at radius 1 is 1.21 bits per heavy atom. The lowest BCUT2D eigenvalue weighted by Gasteiger charge is -2.32. The Morgan fingerprint density at radius 2 is 1.64 bits per heavy atom. The maximum atomic E-state index is 11.9. The number of nitrogens with zero attached hydrogens (tertiary/aromatic N) is 1. The van der Waals surface area contributed by atoms with Crippen LogP contribution in [0.25, 0.3) is 0 Å². The summed E-state index contributed by atoms with van der Waals surface area (Å²) in [6.45, 7) is 12.1. The van der Waals surface area contributed by atoms with Crippen molar-refractivity contribution in [3.8, 4) is 0 Å². The molecule has 0 radical (unpaired) electrons. The number of amides is 1. The maximum absolute atomic E-state index is 11.9. The highest BCUT2D eigenvalue weighted by molar-refractivity contribution is 5.81. The second kappa shape index (κ2) is 4.30. The van der Waals surface area contributed by atoms with Gasteiger partial charge in [-0.25, -0.2) is 0 Å². The summed E-state index contributed by atoms with van der Waals surface area (Å²) in [5.74, 6) is 0.0853. The summed E-state index contributed by atoms with van der Waals surface area (Å²) in [6, 6.07) is 0. The molecule has 0 rings (SSSR count). The van der Waals surface area contributed by atoms with Gasteiger partial charge in [0.25, 0.3) is 0 Å². The standard InChI is InChI=1S/C11H23NO2/c1-7-12(8-11(5,6)14)9(13)10(2,3)4/h14H,7-8H2,1-6H3. The summed E-state index contributed by atoms with van der Waals surface area (Å²) < 4.78 is 0. The number of likely N-dealkylation sites (N-methyl/N-ethyl adjacent to an activating group) is 1. The second-order valence-electron chi connectivity index (χ2n) is 5.38. The third kappa shape index (κ3) is 4.61. The van der Waals surface area contributed by atoms with Crippen molar-refractivity contribution in [2.75, 3.05) is 13.1 Å². The predicted molar refractivity (Wildman–Crippen MR) is 58.0 cm³/mol. The Hall–Kier alpha value is -0.570. The predicted octanol–water partition coefficient (Wildman–Crippen LogP) is 1.65. The third-order valence-electron chi connectivity index (χ3n) is 1.89. The number of hydrogen-bond acceptors (Lipinski definition) is 2. The van der Waals surface area contributed by atoms with Gasteiger partial charge < -0.3 is 10.0 Å². The highest BCUT2D eigenvalue weighted by Crippen LogP contribution is 2.18. The van der Waals surface area contributed by atoms with E-state index in [1.807, 2.05) is 27.7 Å². The number of hydrogen-bond donors (Lipinski definition) is 1. The number of rotatable bonds is 3. The van der Waals surface area contributed by atoms with Crippen LogP contribution in [0.15, 0.2) is 0 Å². The first kappa shape index (κ1) is 13.4. The molecule has 0 unspecified atom stereocenters. The van der Waals surface area contributed by atoms with Gasteiger partial charge in [0.05, 0.1) is 5.60 Å². The van der Waals surface area contributed by atoms with Crippen molar-refractivity contribution in [1.82, 2.24) is 4.90 Å². The molecule has 0 aromatic heterocycles. The minimum Gasteiger partial charge on any atom is -0.389 e. The van der Waals surface area contributed by atoms with Gasteiger partial charge in [0.1, 0.15) is 0 Å². The summed E-state index contributed by atoms with van der Waals surface area (Å²) in [5.41, 5.74) is -1.20. The Bertz CT molecular complexity index is 198. The quantitative estimate of drug-likeness (QED) is 0.754. The van der Waals surface area contributed by atoms with E-state index in [2.05, 4.69) is 0 Å². The minimum atomic E-state index is -0.823. The summed E-state index contributed by atoms with van der Waals surface area (Å²) in [6.07, 6.45) is 0. The minimum absolute atomic E-state index is 0.0853. The zero-order valence-corrected chi connectivity index (χ0v) is 10.2. The number of carbonyl (C=O) groups excluding carboxylic acids is 1. The van der Waals surface area contributed by atoms with E-state index < -0.39 is 5.60 Å². The van der Waals surface area contributed by atoms with Gasteiger partial charge in [0, 0.05) is 18.5 Å². The molecule has 0 saturated heterocycles. The van der Waals surface area contributed by atoms with Crippen LogP contribution in [0.3, 0.4) is 0 Å². The lowest BCUT2D eigenvalue weighted by Crippen LogP contribution is -2.46. The van der Waals surface area contributed by atoms with Crippen LogP contribution in [-0.4, -0.2) is 34.6 Å².